The maximum atomic E-state index is 10.9. The number of likely N-dealkylation sites (tertiary alicyclic amines) is 1. The first-order valence-corrected chi connectivity index (χ1v) is 11.0. The zero-order chi connectivity index (χ0) is 21.9. The summed E-state index contributed by atoms with van der Waals surface area (Å²) < 4.78 is 11.1. The molecule has 1 fully saturated rings. The number of guanidine groups is 1. The minimum Gasteiger partial charge on any atom is -0.484 e. The highest BCUT2D eigenvalue weighted by atomic mass is 16.5. The average molecular weight is 428 g/mol. The first-order chi connectivity index (χ1) is 15.2. The number of rotatable bonds is 10. The summed E-state index contributed by atoms with van der Waals surface area (Å²) in [6, 6.07) is 11.7. The van der Waals surface area contributed by atoms with Gasteiger partial charge in [0.1, 0.15) is 11.5 Å². The second kappa shape index (κ2) is 12.0. The Kier molecular flexibility index (Phi) is 8.78. The molecule has 168 valence electrons. The highest BCUT2D eigenvalue weighted by Crippen LogP contribution is 2.24. The number of ether oxygens (including phenoxy) is 1. The van der Waals surface area contributed by atoms with Crippen LogP contribution in [0.5, 0.6) is 5.75 Å². The maximum Gasteiger partial charge on any atom is 0.255 e. The number of hydrogen-bond donors (Lipinski definition) is 3. The number of furan rings is 1. The quantitative estimate of drug-likeness (QED) is 0.397. The lowest BCUT2D eigenvalue weighted by atomic mass is 10.1. The summed E-state index contributed by atoms with van der Waals surface area (Å²) in [5, 5.41) is 6.78. The van der Waals surface area contributed by atoms with Gasteiger partial charge in [-0.1, -0.05) is 18.6 Å². The summed E-state index contributed by atoms with van der Waals surface area (Å²) >= 11 is 0. The summed E-state index contributed by atoms with van der Waals surface area (Å²) in [6.07, 6.45) is 5.47. The standard InChI is InChI=1S/C23H33N5O3/c1-2-25-23(26-15-18-8-6-9-19(14-18)31-17-22(24)29)27-16-20(21-10-7-13-30-21)28-11-4-3-5-12-28/h6-10,13-14,20H,2-5,11-12,15-17H2,1H3,(H2,24,29)(H2,25,26,27). The number of aliphatic imine (C=N–C) groups is 1. The molecule has 1 saturated heterocycles. The molecule has 1 unspecified atom stereocenters. The first-order valence-electron chi connectivity index (χ1n) is 11.0. The van der Waals surface area contributed by atoms with Crippen molar-refractivity contribution in [3.63, 3.8) is 0 Å². The molecule has 2 aromatic rings. The minimum atomic E-state index is -0.498. The van der Waals surface area contributed by atoms with E-state index in [1.54, 1.807) is 12.3 Å². The van der Waals surface area contributed by atoms with E-state index in [2.05, 4.69) is 15.5 Å². The van der Waals surface area contributed by atoms with Crippen LogP contribution in [0.4, 0.5) is 0 Å². The third-order valence-corrected chi connectivity index (χ3v) is 5.21. The van der Waals surface area contributed by atoms with Crippen molar-refractivity contribution in [2.24, 2.45) is 10.7 Å². The number of piperidine rings is 1. The van der Waals surface area contributed by atoms with E-state index in [0.717, 1.165) is 36.9 Å². The van der Waals surface area contributed by atoms with Crippen molar-refractivity contribution in [3.05, 3.63) is 54.0 Å². The van der Waals surface area contributed by atoms with Crippen LogP contribution in [0.1, 0.15) is 43.6 Å². The van der Waals surface area contributed by atoms with Crippen molar-refractivity contribution < 1.29 is 13.9 Å². The van der Waals surface area contributed by atoms with Gasteiger partial charge in [0, 0.05) is 13.1 Å². The summed E-state index contributed by atoms with van der Waals surface area (Å²) in [5.74, 6) is 1.83. The molecule has 0 saturated carbocycles. The van der Waals surface area contributed by atoms with Crippen LogP contribution in [0, 0.1) is 0 Å². The van der Waals surface area contributed by atoms with Gasteiger partial charge in [0.05, 0.1) is 18.8 Å². The molecule has 1 amide bonds. The van der Waals surface area contributed by atoms with Gasteiger partial charge in [-0.05, 0) is 62.7 Å². The third-order valence-electron chi connectivity index (χ3n) is 5.21. The Morgan fingerprint density at radius 3 is 2.77 bits per heavy atom. The van der Waals surface area contributed by atoms with Crippen LogP contribution >= 0.6 is 0 Å². The number of hydrogen-bond acceptors (Lipinski definition) is 5. The van der Waals surface area contributed by atoms with Gasteiger partial charge in [-0.25, -0.2) is 4.99 Å². The Bertz CT molecular complexity index is 831. The van der Waals surface area contributed by atoms with Crippen LogP contribution in [0.2, 0.25) is 0 Å². The smallest absolute Gasteiger partial charge is 0.255 e. The van der Waals surface area contributed by atoms with Gasteiger partial charge in [0.25, 0.3) is 5.91 Å². The Morgan fingerprint density at radius 1 is 1.23 bits per heavy atom. The average Bonchev–Trinajstić information content (AvgIpc) is 3.32. The molecule has 8 nitrogen and oxygen atoms in total. The monoisotopic (exact) mass is 427 g/mol. The predicted octanol–water partition coefficient (Wildman–Crippen LogP) is 2.43. The molecule has 8 heteroatoms. The maximum absolute atomic E-state index is 10.9. The molecule has 1 aromatic carbocycles. The van der Waals surface area contributed by atoms with Crippen molar-refractivity contribution in [2.75, 3.05) is 32.8 Å². The third kappa shape index (κ3) is 7.32. The fraction of sp³-hybridized carbons (Fsp3) is 0.478. The molecular weight excluding hydrogens is 394 g/mol. The zero-order valence-electron chi connectivity index (χ0n) is 18.2. The number of nitrogens with one attached hydrogen (secondary N) is 2. The number of carbonyl (C=O) groups is 1. The Hall–Kier alpha value is -3.00. The van der Waals surface area contributed by atoms with Gasteiger partial charge >= 0.3 is 0 Å². The lowest BCUT2D eigenvalue weighted by Crippen LogP contribution is -2.44. The number of carbonyl (C=O) groups excluding carboxylic acids is 1. The molecule has 0 bridgehead atoms. The molecule has 2 heterocycles. The molecule has 0 radical (unpaired) electrons. The Labute approximate surface area is 183 Å². The highest BCUT2D eigenvalue weighted by Gasteiger charge is 2.24. The van der Waals surface area contributed by atoms with Crippen molar-refractivity contribution >= 4 is 11.9 Å². The zero-order valence-corrected chi connectivity index (χ0v) is 18.2. The summed E-state index contributed by atoms with van der Waals surface area (Å²) in [6.45, 7) is 6.03. The summed E-state index contributed by atoms with van der Waals surface area (Å²) in [4.78, 5) is 18.1. The topological polar surface area (TPSA) is 105 Å². The molecule has 0 aliphatic carbocycles. The number of primary amides is 1. The van der Waals surface area contributed by atoms with Crippen LogP contribution in [-0.2, 0) is 11.3 Å². The second-order valence-corrected chi connectivity index (χ2v) is 7.61. The normalized spacial score (nSPS) is 16.0. The molecule has 31 heavy (non-hydrogen) atoms. The molecule has 1 aliphatic heterocycles. The SMILES string of the molecule is CCNC(=NCc1cccc(OCC(N)=O)c1)NCC(c1ccco1)N1CCCCC1. The van der Waals surface area contributed by atoms with Gasteiger partial charge in [-0.2, -0.15) is 0 Å². The van der Waals surface area contributed by atoms with Crippen LogP contribution in [0.3, 0.4) is 0 Å². The van der Waals surface area contributed by atoms with Crippen LogP contribution < -0.4 is 21.1 Å². The summed E-state index contributed by atoms with van der Waals surface area (Å²) in [7, 11) is 0. The minimum absolute atomic E-state index is 0.137. The van der Waals surface area contributed by atoms with E-state index in [1.807, 2.05) is 37.3 Å². The van der Waals surface area contributed by atoms with E-state index in [0.29, 0.717) is 18.8 Å². The summed E-state index contributed by atoms with van der Waals surface area (Å²) in [5.41, 5.74) is 6.13. The lowest BCUT2D eigenvalue weighted by Gasteiger charge is -2.33. The molecule has 1 aromatic heterocycles. The van der Waals surface area contributed by atoms with Crippen molar-refractivity contribution in [3.8, 4) is 5.75 Å². The van der Waals surface area contributed by atoms with E-state index < -0.39 is 5.91 Å². The highest BCUT2D eigenvalue weighted by molar-refractivity contribution is 5.79. The van der Waals surface area contributed by atoms with Gasteiger partial charge in [-0.3, -0.25) is 9.69 Å². The molecule has 4 N–H and O–H groups in total. The number of nitrogens with two attached hydrogens (primary N) is 1. The fourth-order valence-corrected chi connectivity index (χ4v) is 3.71. The second-order valence-electron chi connectivity index (χ2n) is 7.61. The predicted molar refractivity (Wildman–Crippen MR) is 121 cm³/mol. The molecule has 0 spiro atoms. The molecule has 1 aliphatic rings. The van der Waals surface area contributed by atoms with Crippen LogP contribution in [0.15, 0.2) is 52.1 Å². The first kappa shape index (κ1) is 22.7. The lowest BCUT2D eigenvalue weighted by molar-refractivity contribution is -0.119. The van der Waals surface area contributed by atoms with Crippen LogP contribution in [-0.4, -0.2) is 49.6 Å². The fourth-order valence-electron chi connectivity index (χ4n) is 3.71. The Morgan fingerprint density at radius 2 is 2.06 bits per heavy atom. The number of nitrogens with zero attached hydrogens (tertiary/aromatic N) is 2. The van der Waals surface area contributed by atoms with Gasteiger partial charge in [-0.15, -0.1) is 0 Å². The van der Waals surface area contributed by atoms with Crippen molar-refractivity contribution in [1.29, 1.82) is 0 Å². The molecular formula is C23H33N5O3. The molecule has 3 rings (SSSR count). The van der Waals surface area contributed by atoms with Crippen molar-refractivity contribution in [1.82, 2.24) is 15.5 Å². The van der Waals surface area contributed by atoms with Gasteiger partial charge in [0.15, 0.2) is 12.6 Å². The largest absolute Gasteiger partial charge is 0.484 e. The van der Waals surface area contributed by atoms with Crippen molar-refractivity contribution in [2.45, 2.75) is 38.8 Å². The number of amides is 1. The van der Waals surface area contributed by atoms with E-state index in [1.165, 1.54) is 19.3 Å². The van der Waals surface area contributed by atoms with E-state index in [4.69, 9.17) is 19.9 Å². The number of benzene rings is 1. The van der Waals surface area contributed by atoms with Gasteiger partial charge < -0.3 is 25.5 Å². The molecule has 1 atom stereocenters. The van der Waals surface area contributed by atoms with Crippen LogP contribution in [0.25, 0.3) is 0 Å². The van der Waals surface area contributed by atoms with E-state index >= 15 is 0 Å². The Balaban J connectivity index is 1.63. The van der Waals surface area contributed by atoms with Gasteiger partial charge in [0.2, 0.25) is 0 Å². The van der Waals surface area contributed by atoms with E-state index in [-0.39, 0.29) is 12.6 Å². The van der Waals surface area contributed by atoms with E-state index in [9.17, 15) is 4.79 Å².